The first-order chi connectivity index (χ1) is 10.9. The van der Waals surface area contributed by atoms with Crippen molar-refractivity contribution in [1.29, 1.82) is 0 Å². The Labute approximate surface area is 134 Å². The minimum atomic E-state index is -0.816. The maximum Gasteiger partial charge on any atom is 0.323 e. The lowest BCUT2D eigenvalue weighted by molar-refractivity contribution is 0.0954. The number of nitrogens with two attached hydrogens (primary N) is 1. The number of hydrogen-bond donors (Lipinski definition) is 4. The molecule has 0 aliphatic rings. The molecular formula is C14H11ClF2N4O2. The van der Waals surface area contributed by atoms with Crippen molar-refractivity contribution in [3.8, 4) is 0 Å². The van der Waals surface area contributed by atoms with Gasteiger partial charge in [-0.25, -0.2) is 19.4 Å². The maximum absolute atomic E-state index is 13.3. The molecule has 2 aromatic rings. The van der Waals surface area contributed by atoms with Gasteiger partial charge >= 0.3 is 6.03 Å². The van der Waals surface area contributed by atoms with Crippen molar-refractivity contribution in [2.75, 3.05) is 10.6 Å². The largest absolute Gasteiger partial charge is 0.323 e. The van der Waals surface area contributed by atoms with E-state index in [1.165, 1.54) is 6.07 Å². The van der Waals surface area contributed by atoms with Gasteiger partial charge in [-0.1, -0.05) is 11.6 Å². The molecule has 0 radical (unpaired) electrons. The van der Waals surface area contributed by atoms with Gasteiger partial charge in [0.05, 0.1) is 11.3 Å². The Hall–Kier alpha value is -2.71. The third kappa shape index (κ3) is 4.38. The quantitative estimate of drug-likeness (QED) is 0.393. The highest BCUT2D eigenvalue weighted by atomic mass is 35.5. The number of rotatable bonds is 3. The molecule has 0 aromatic heterocycles. The summed E-state index contributed by atoms with van der Waals surface area (Å²) in [4.78, 5) is 23.5. The predicted octanol–water partition coefficient (Wildman–Crippen LogP) is 2.87. The van der Waals surface area contributed by atoms with Crippen molar-refractivity contribution >= 4 is 34.9 Å². The van der Waals surface area contributed by atoms with Crippen molar-refractivity contribution in [1.82, 2.24) is 5.43 Å². The van der Waals surface area contributed by atoms with Crippen LogP contribution in [0.2, 0.25) is 5.02 Å². The fraction of sp³-hybridized carbons (Fsp3) is 0. The summed E-state index contributed by atoms with van der Waals surface area (Å²) in [7, 11) is 0. The van der Waals surface area contributed by atoms with E-state index >= 15 is 0 Å². The van der Waals surface area contributed by atoms with E-state index < -0.39 is 23.6 Å². The first-order valence-corrected chi connectivity index (χ1v) is 6.61. The fourth-order valence-corrected chi connectivity index (χ4v) is 2.03. The molecule has 0 heterocycles. The molecule has 2 rings (SSSR count). The molecule has 9 heteroatoms. The number of anilines is 2. The lowest BCUT2D eigenvalue weighted by Crippen LogP contribution is -2.31. The van der Waals surface area contributed by atoms with Crippen molar-refractivity contribution < 1.29 is 18.4 Å². The van der Waals surface area contributed by atoms with Gasteiger partial charge in [0.2, 0.25) is 0 Å². The first-order valence-electron chi connectivity index (χ1n) is 6.23. The lowest BCUT2D eigenvalue weighted by atomic mass is 10.1. The Bertz CT molecular complexity index is 750. The van der Waals surface area contributed by atoms with E-state index in [1.54, 1.807) is 0 Å². The van der Waals surface area contributed by atoms with Gasteiger partial charge in [-0.05, 0) is 36.4 Å². The number of urea groups is 1. The smallest absolute Gasteiger partial charge is 0.308 e. The van der Waals surface area contributed by atoms with E-state index in [4.69, 9.17) is 17.4 Å². The molecule has 0 atom stereocenters. The summed E-state index contributed by atoms with van der Waals surface area (Å²) in [5.41, 5.74) is 1.83. The minimum absolute atomic E-state index is 0.0404. The highest BCUT2D eigenvalue weighted by Crippen LogP contribution is 2.20. The van der Waals surface area contributed by atoms with Crippen LogP contribution in [0.25, 0.3) is 0 Å². The van der Waals surface area contributed by atoms with Gasteiger partial charge in [-0.15, -0.1) is 0 Å². The van der Waals surface area contributed by atoms with Gasteiger partial charge in [0, 0.05) is 10.7 Å². The molecule has 5 N–H and O–H groups in total. The molecule has 0 aliphatic heterocycles. The second-order valence-corrected chi connectivity index (χ2v) is 4.84. The molecule has 0 unspecified atom stereocenters. The van der Waals surface area contributed by atoms with Gasteiger partial charge in [0.1, 0.15) is 11.6 Å². The van der Waals surface area contributed by atoms with E-state index in [2.05, 4.69) is 10.6 Å². The standard InChI is InChI=1S/C14H11ClF2N4O2/c15-7-3-9(17)5-10(4-7)19-14(23)20-12-6-8(16)1-2-11(12)13(22)21-18/h1-6H,18H2,(H,21,22)(H2,19,20,23). The number of halogens is 3. The maximum atomic E-state index is 13.3. The van der Waals surface area contributed by atoms with Crippen LogP contribution in [0.1, 0.15) is 10.4 Å². The van der Waals surface area contributed by atoms with Gasteiger partial charge in [-0.3, -0.25) is 10.2 Å². The average molecular weight is 341 g/mol. The molecule has 3 amide bonds. The summed E-state index contributed by atoms with van der Waals surface area (Å²) in [6.45, 7) is 0. The summed E-state index contributed by atoms with van der Waals surface area (Å²) in [6, 6.07) is 5.77. The molecule has 0 saturated heterocycles. The normalized spacial score (nSPS) is 10.1. The number of benzene rings is 2. The summed E-state index contributed by atoms with van der Waals surface area (Å²) in [5, 5.41) is 4.69. The number of hydrogen-bond acceptors (Lipinski definition) is 3. The minimum Gasteiger partial charge on any atom is -0.308 e. The van der Waals surface area contributed by atoms with E-state index in [0.29, 0.717) is 0 Å². The van der Waals surface area contributed by atoms with Crippen LogP contribution in [0.3, 0.4) is 0 Å². The topological polar surface area (TPSA) is 96.2 Å². The van der Waals surface area contributed by atoms with Crippen LogP contribution < -0.4 is 21.9 Å². The molecule has 120 valence electrons. The van der Waals surface area contributed by atoms with Crippen molar-refractivity contribution in [2.24, 2.45) is 5.84 Å². The first kappa shape index (κ1) is 16.7. The van der Waals surface area contributed by atoms with Crippen molar-refractivity contribution in [3.05, 3.63) is 58.6 Å². The molecule has 0 saturated carbocycles. The fourth-order valence-electron chi connectivity index (χ4n) is 1.81. The summed E-state index contributed by atoms with van der Waals surface area (Å²) < 4.78 is 26.5. The molecule has 0 spiro atoms. The van der Waals surface area contributed by atoms with Crippen LogP contribution in [0, 0.1) is 11.6 Å². The van der Waals surface area contributed by atoms with Crippen LogP contribution in [0.15, 0.2) is 36.4 Å². The van der Waals surface area contributed by atoms with Gasteiger partial charge in [-0.2, -0.15) is 0 Å². The van der Waals surface area contributed by atoms with E-state index in [0.717, 1.165) is 30.3 Å². The summed E-state index contributed by atoms with van der Waals surface area (Å²) >= 11 is 5.67. The third-order valence-electron chi connectivity index (χ3n) is 2.73. The third-order valence-corrected chi connectivity index (χ3v) is 2.94. The monoisotopic (exact) mass is 340 g/mol. The molecule has 6 nitrogen and oxygen atoms in total. The van der Waals surface area contributed by atoms with E-state index in [1.807, 2.05) is 5.43 Å². The Morgan fingerprint density at radius 2 is 1.74 bits per heavy atom. The van der Waals surface area contributed by atoms with Crippen LogP contribution in [0.4, 0.5) is 25.0 Å². The number of hydrazine groups is 1. The molecule has 0 aliphatic carbocycles. The molecular weight excluding hydrogens is 330 g/mol. The van der Waals surface area contributed by atoms with E-state index in [9.17, 15) is 18.4 Å². The predicted molar refractivity (Wildman–Crippen MR) is 82.1 cm³/mol. The molecule has 2 aromatic carbocycles. The van der Waals surface area contributed by atoms with Crippen molar-refractivity contribution in [3.63, 3.8) is 0 Å². The van der Waals surface area contributed by atoms with Crippen LogP contribution in [0.5, 0.6) is 0 Å². The Balaban J connectivity index is 2.19. The number of carbonyl (C=O) groups is 2. The van der Waals surface area contributed by atoms with Gasteiger partial charge in [0.25, 0.3) is 5.91 Å². The zero-order chi connectivity index (χ0) is 17.0. The number of carbonyl (C=O) groups excluding carboxylic acids is 2. The highest BCUT2D eigenvalue weighted by Gasteiger charge is 2.14. The van der Waals surface area contributed by atoms with Gasteiger partial charge in [0.15, 0.2) is 0 Å². The van der Waals surface area contributed by atoms with E-state index in [-0.39, 0.29) is 22.0 Å². The summed E-state index contributed by atoms with van der Waals surface area (Å²) in [6.07, 6.45) is 0. The average Bonchev–Trinajstić information content (AvgIpc) is 2.45. The number of amides is 3. The van der Waals surface area contributed by atoms with Crippen LogP contribution >= 0.6 is 11.6 Å². The Kier molecular flexibility index (Phi) is 5.09. The van der Waals surface area contributed by atoms with Crippen LogP contribution in [-0.2, 0) is 0 Å². The molecule has 0 fully saturated rings. The van der Waals surface area contributed by atoms with Crippen molar-refractivity contribution in [2.45, 2.75) is 0 Å². The zero-order valence-electron chi connectivity index (χ0n) is 11.5. The summed E-state index contributed by atoms with van der Waals surface area (Å²) in [5.74, 6) is 3.01. The van der Waals surface area contributed by atoms with Gasteiger partial charge < -0.3 is 10.6 Å². The van der Waals surface area contributed by atoms with Crippen LogP contribution in [-0.4, -0.2) is 11.9 Å². The lowest BCUT2D eigenvalue weighted by Gasteiger charge is -2.11. The second kappa shape index (κ2) is 7.03. The highest BCUT2D eigenvalue weighted by molar-refractivity contribution is 6.31. The SMILES string of the molecule is NNC(=O)c1ccc(F)cc1NC(=O)Nc1cc(F)cc(Cl)c1. The second-order valence-electron chi connectivity index (χ2n) is 4.40. The Morgan fingerprint density at radius 3 is 2.39 bits per heavy atom. The number of nitrogens with one attached hydrogen (secondary N) is 3. The number of nitrogen functional groups attached to an aromatic ring is 1. The molecule has 0 bridgehead atoms. The zero-order valence-corrected chi connectivity index (χ0v) is 12.2. The molecule has 23 heavy (non-hydrogen) atoms. The Morgan fingerprint density at radius 1 is 1.00 bits per heavy atom.